The molecule has 0 radical (unpaired) electrons. The lowest BCUT2D eigenvalue weighted by Crippen LogP contribution is -2.37. The Morgan fingerprint density at radius 1 is 0.352 bits per heavy atom. The number of hydrogen-bond donors (Lipinski definition) is 1. The largest absolute Gasteiger partial charge is 0.472 e. The zero-order valence-electron chi connectivity index (χ0n) is 59.0. The van der Waals surface area contributed by atoms with E-state index in [1.807, 2.05) is 21.1 Å². The van der Waals surface area contributed by atoms with Gasteiger partial charge in [-0.1, -0.05) is 338 Å². The summed E-state index contributed by atoms with van der Waals surface area (Å²) < 4.78 is 34.8. The Balaban J connectivity index is 3.92. The molecule has 516 valence electrons. The summed E-state index contributed by atoms with van der Waals surface area (Å²) in [6, 6.07) is 0. The van der Waals surface area contributed by atoms with Gasteiger partial charge in [0.1, 0.15) is 19.8 Å². The number of phosphoric acid groups is 1. The fourth-order valence-electron chi connectivity index (χ4n) is 11.2. The third-order valence-electron chi connectivity index (χ3n) is 17.0. The van der Waals surface area contributed by atoms with Gasteiger partial charge in [-0.15, -0.1) is 0 Å². The molecule has 0 saturated heterocycles. The van der Waals surface area contributed by atoms with Gasteiger partial charge in [-0.05, 0) is 83.5 Å². The number of nitrogens with zero attached hydrogens (tertiary/aromatic N) is 1. The van der Waals surface area contributed by atoms with E-state index >= 15 is 0 Å². The highest BCUT2D eigenvalue weighted by Gasteiger charge is 2.27. The van der Waals surface area contributed by atoms with E-state index in [-0.39, 0.29) is 25.6 Å². The number of allylic oxidation sites excluding steroid dienone is 10. The van der Waals surface area contributed by atoms with Crippen LogP contribution in [0.25, 0.3) is 0 Å². The lowest BCUT2D eigenvalue weighted by atomic mass is 10.0. The molecule has 10 heteroatoms. The molecule has 0 fully saturated rings. The summed E-state index contributed by atoms with van der Waals surface area (Å²) in [5, 5.41) is 0. The summed E-state index contributed by atoms with van der Waals surface area (Å²) >= 11 is 0. The summed E-state index contributed by atoms with van der Waals surface area (Å²) in [5.74, 6) is -0.785. The molecular weight excluding hydrogens is 1110 g/mol. The first-order valence-corrected chi connectivity index (χ1v) is 39.5. The Kier molecular flexibility index (Phi) is 67.3. The fraction of sp³-hybridized carbons (Fsp3) is 0.846. The predicted octanol–water partition coefficient (Wildman–Crippen LogP) is 24.9. The van der Waals surface area contributed by atoms with Crippen LogP contribution in [0, 0.1) is 0 Å². The van der Waals surface area contributed by atoms with E-state index in [0.717, 1.165) is 57.8 Å². The van der Waals surface area contributed by atoms with Gasteiger partial charge in [0.25, 0.3) is 0 Å². The number of unbranched alkanes of at least 4 members (excludes halogenated alkanes) is 47. The number of esters is 2. The SMILES string of the molecule is CCCCCCC/C=C\C/C=C\C/C=C\CCCCCCCCCCCCC(=O)OC(COC(=O)CCCCCCCCCCCCCCCCCCCCCCCCCCCCC/C=C\C/C=C\CCCCCCC)COP(=O)(O)OCC[N+](C)(C)C. The van der Waals surface area contributed by atoms with E-state index in [1.54, 1.807) is 0 Å². The topological polar surface area (TPSA) is 108 Å². The van der Waals surface area contributed by atoms with Crippen molar-refractivity contribution in [3.05, 3.63) is 60.8 Å². The molecule has 0 amide bonds. The zero-order valence-corrected chi connectivity index (χ0v) is 59.9. The summed E-state index contributed by atoms with van der Waals surface area (Å²) in [7, 11) is 1.49. The lowest BCUT2D eigenvalue weighted by Gasteiger charge is -2.24. The molecule has 0 rings (SSSR count). The number of phosphoric ester groups is 1. The maximum atomic E-state index is 12.9. The minimum absolute atomic E-state index is 0.0314. The standard InChI is InChI=1S/C78H146NO8P/c1-6-8-10-12-14-16-18-20-22-24-26-28-30-32-33-34-35-36-37-38-39-40-41-42-43-44-45-47-48-50-52-54-56-58-60-62-64-66-68-70-77(80)84-74-76(75-86-88(82,83)85-73-72-79(3,4)5)87-78(81)71-69-67-65-63-61-59-57-55-53-51-49-46-31-29-27-25-23-21-19-17-15-13-11-9-7-2/h18-21,24-27,31,46,76H,6-17,22-23,28-30,32-45,47-75H2,1-5H3/p+1/b20-18-,21-19-,26-24-,27-25-,46-31-. The minimum Gasteiger partial charge on any atom is -0.462 e. The van der Waals surface area contributed by atoms with E-state index < -0.39 is 26.5 Å². The van der Waals surface area contributed by atoms with Crippen molar-refractivity contribution in [3.63, 3.8) is 0 Å². The summed E-state index contributed by atoms with van der Waals surface area (Å²) in [6.45, 7) is 4.46. The summed E-state index contributed by atoms with van der Waals surface area (Å²) in [6.07, 6.45) is 92.1. The van der Waals surface area contributed by atoms with Gasteiger partial charge < -0.3 is 18.9 Å². The Morgan fingerprint density at radius 2 is 0.614 bits per heavy atom. The molecule has 0 aliphatic heterocycles. The fourth-order valence-corrected chi connectivity index (χ4v) is 11.9. The molecule has 1 N–H and O–H groups in total. The molecule has 2 atom stereocenters. The average molecular weight is 1260 g/mol. The first-order chi connectivity index (χ1) is 43.0. The van der Waals surface area contributed by atoms with Gasteiger partial charge in [0.05, 0.1) is 27.7 Å². The van der Waals surface area contributed by atoms with Crippen LogP contribution in [0.15, 0.2) is 60.8 Å². The highest BCUT2D eigenvalue weighted by atomic mass is 31.2. The van der Waals surface area contributed by atoms with E-state index in [4.69, 9.17) is 18.5 Å². The molecule has 0 bridgehead atoms. The second-order valence-corrected chi connectivity index (χ2v) is 28.5. The molecule has 0 aromatic carbocycles. The van der Waals surface area contributed by atoms with Gasteiger partial charge in [0.15, 0.2) is 6.10 Å². The summed E-state index contributed by atoms with van der Waals surface area (Å²) in [4.78, 5) is 35.9. The number of likely N-dealkylation sites (N-methyl/N-ethyl adjacent to an activating group) is 1. The van der Waals surface area contributed by atoms with Gasteiger partial charge in [-0.3, -0.25) is 18.6 Å². The van der Waals surface area contributed by atoms with Gasteiger partial charge >= 0.3 is 19.8 Å². The molecule has 0 aromatic rings. The predicted molar refractivity (Wildman–Crippen MR) is 381 cm³/mol. The highest BCUT2D eigenvalue weighted by Crippen LogP contribution is 2.43. The number of hydrogen-bond acceptors (Lipinski definition) is 7. The molecule has 0 aliphatic rings. The maximum Gasteiger partial charge on any atom is 0.472 e. The zero-order chi connectivity index (χ0) is 64.1. The third-order valence-corrected chi connectivity index (χ3v) is 18.0. The monoisotopic (exact) mass is 1260 g/mol. The van der Waals surface area contributed by atoms with Crippen LogP contribution >= 0.6 is 7.82 Å². The Labute approximate surface area is 546 Å². The Hall–Kier alpha value is -2.29. The van der Waals surface area contributed by atoms with Crippen LogP contribution in [0.5, 0.6) is 0 Å². The normalized spacial score (nSPS) is 13.4. The van der Waals surface area contributed by atoms with Crippen molar-refractivity contribution < 1.29 is 42.1 Å². The quantitative estimate of drug-likeness (QED) is 0.0211. The van der Waals surface area contributed by atoms with Crippen LogP contribution in [0.1, 0.15) is 373 Å². The van der Waals surface area contributed by atoms with E-state index in [1.165, 1.54) is 283 Å². The summed E-state index contributed by atoms with van der Waals surface area (Å²) in [5.41, 5.74) is 0. The number of carbonyl (C=O) groups excluding carboxylic acids is 2. The Morgan fingerprint density at radius 3 is 0.909 bits per heavy atom. The van der Waals surface area contributed by atoms with Crippen molar-refractivity contribution in [1.82, 2.24) is 0 Å². The minimum atomic E-state index is -4.39. The number of carbonyl (C=O) groups is 2. The van der Waals surface area contributed by atoms with E-state index in [0.29, 0.717) is 23.9 Å². The van der Waals surface area contributed by atoms with Crippen LogP contribution in [0.4, 0.5) is 0 Å². The molecule has 2 unspecified atom stereocenters. The molecule has 0 saturated carbocycles. The molecule has 0 spiro atoms. The third kappa shape index (κ3) is 72.8. The molecule has 0 heterocycles. The molecule has 0 aromatic heterocycles. The van der Waals surface area contributed by atoms with Crippen LogP contribution < -0.4 is 0 Å². The van der Waals surface area contributed by atoms with E-state index in [9.17, 15) is 19.0 Å². The Bertz CT molecular complexity index is 1670. The number of rotatable bonds is 71. The first-order valence-electron chi connectivity index (χ1n) is 38.0. The number of ether oxygens (including phenoxy) is 2. The lowest BCUT2D eigenvalue weighted by molar-refractivity contribution is -0.870. The van der Waals surface area contributed by atoms with Gasteiger partial charge in [0, 0.05) is 12.8 Å². The van der Waals surface area contributed by atoms with Crippen molar-refractivity contribution in [2.45, 2.75) is 380 Å². The van der Waals surface area contributed by atoms with Crippen molar-refractivity contribution in [2.75, 3.05) is 47.5 Å². The van der Waals surface area contributed by atoms with Crippen molar-refractivity contribution in [2.24, 2.45) is 0 Å². The van der Waals surface area contributed by atoms with Crippen molar-refractivity contribution in [3.8, 4) is 0 Å². The van der Waals surface area contributed by atoms with E-state index in [2.05, 4.69) is 74.6 Å². The second-order valence-electron chi connectivity index (χ2n) is 27.0. The number of quaternary nitrogens is 1. The highest BCUT2D eigenvalue weighted by molar-refractivity contribution is 7.47. The molecule has 88 heavy (non-hydrogen) atoms. The maximum absolute atomic E-state index is 12.9. The average Bonchev–Trinajstić information content (AvgIpc) is 3.57. The van der Waals surface area contributed by atoms with Crippen molar-refractivity contribution in [1.29, 1.82) is 0 Å². The van der Waals surface area contributed by atoms with Gasteiger partial charge in [-0.25, -0.2) is 4.57 Å². The molecular formula is C78H147NO8P+. The van der Waals surface area contributed by atoms with Crippen LogP contribution in [-0.2, 0) is 32.7 Å². The van der Waals surface area contributed by atoms with Gasteiger partial charge in [0.2, 0.25) is 0 Å². The van der Waals surface area contributed by atoms with Crippen LogP contribution in [-0.4, -0.2) is 74.9 Å². The van der Waals surface area contributed by atoms with Crippen LogP contribution in [0.2, 0.25) is 0 Å². The first kappa shape index (κ1) is 85.7. The van der Waals surface area contributed by atoms with Crippen molar-refractivity contribution >= 4 is 19.8 Å². The smallest absolute Gasteiger partial charge is 0.462 e. The van der Waals surface area contributed by atoms with Crippen LogP contribution in [0.3, 0.4) is 0 Å². The second kappa shape index (κ2) is 69.1. The molecule has 9 nitrogen and oxygen atoms in total. The molecule has 0 aliphatic carbocycles. The van der Waals surface area contributed by atoms with Gasteiger partial charge in [-0.2, -0.15) is 0 Å².